The number of carbonyl (C=O) groups is 1. The van der Waals surface area contributed by atoms with Gasteiger partial charge in [-0.1, -0.05) is 6.07 Å². The molecule has 0 radical (unpaired) electrons. The minimum absolute atomic E-state index is 0.272. The molecule has 180 valence electrons. The lowest BCUT2D eigenvalue weighted by atomic mass is 9.74. The van der Waals surface area contributed by atoms with Gasteiger partial charge in [-0.05, 0) is 67.3 Å². The van der Waals surface area contributed by atoms with Gasteiger partial charge < -0.3 is 14.6 Å². The zero-order chi connectivity index (χ0) is 24.3. The average Bonchev–Trinajstić information content (AvgIpc) is 3.23. The smallest absolute Gasteiger partial charge is 0.306 e. The van der Waals surface area contributed by atoms with Crippen LogP contribution in [0.25, 0.3) is 32.8 Å². The summed E-state index contributed by atoms with van der Waals surface area (Å²) in [5.74, 6) is -2.75. The van der Waals surface area contributed by atoms with Crippen LogP contribution in [0, 0.1) is 17.6 Å². The molecule has 4 aromatic rings. The van der Waals surface area contributed by atoms with Crippen LogP contribution in [0.15, 0.2) is 36.5 Å². The Morgan fingerprint density at radius 2 is 1.94 bits per heavy atom. The molecule has 2 aromatic carbocycles. The molecule has 2 saturated carbocycles. The third kappa shape index (κ3) is 3.44. The summed E-state index contributed by atoms with van der Waals surface area (Å²) >= 11 is 0. The van der Waals surface area contributed by atoms with Gasteiger partial charge in [0.2, 0.25) is 5.88 Å². The molecule has 0 bridgehead atoms. The van der Waals surface area contributed by atoms with Gasteiger partial charge in [0.1, 0.15) is 11.7 Å². The number of halogens is 2. The van der Waals surface area contributed by atoms with E-state index >= 15 is 0 Å². The quantitative estimate of drug-likeness (QED) is 0.388. The normalized spacial score (nSPS) is 21.0. The van der Waals surface area contributed by atoms with Crippen molar-refractivity contribution in [3.05, 3.63) is 53.9 Å². The number of carboxylic acid groups (broad SMARTS) is 1. The molecule has 9 heteroatoms. The Morgan fingerprint density at radius 1 is 1.14 bits per heavy atom. The van der Waals surface area contributed by atoms with Crippen molar-refractivity contribution in [2.24, 2.45) is 5.92 Å². The largest absolute Gasteiger partial charge is 0.481 e. The number of pyridine rings is 1. The number of hydrogen-bond donors (Lipinski definition) is 2. The molecule has 0 unspecified atom stereocenters. The maximum absolute atomic E-state index is 14.4. The first kappa shape index (κ1) is 21.9. The Hall–Kier alpha value is -3.59. The van der Waals surface area contributed by atoms with Gasteiger partial charge in [0.25, 0.3) is 0 Å². The van der Waals surface area contributed by atoms with Gasteiger partial charge in [-0.15, -0.1) is 0 Å². The number of fused-ring (bicyclic) bond motifs is 2. The molecule has 2 aromatic heterocycles. The van der Waals surface area contributed by atoms with Crippen molar-refractivity contribution in [1.82, 2.24) is 15.2 Å². The van der Waals surface area contributed by atoms with Gasteiger partial charge in [-0.2, -0.15) is 5.10 Å². The fourth-order valence-corrected chi connectivity index (χ4v) is 5.14. The molecule has 7 nitrogen and oxygen atoms in total. The molecule has 35 heavy (non-hydrogen) atoms. The Morgan fingerprint density at radius 3 is 2.60 bits per heavy atom. The summed E-state index contributed by atoms with van der Waals surface area (Å²) in [6.07, 6.45) is 4.65. The number of carboxylic acids is 1. The number of aromatic amines is 1. The Labute approximate surface area is 199 Å². The molecule has 2 aliphatic carbocycles. The van der Waals surface area contributed by atoms with Crippen molar-refractivity contribution in [2.75, 3.05) is 7.11 Å². The van der Waals surface area contributed by atoms with Gasteiger partial charge in [0.05, 0.1) is 23.3 Å². The lowest BCUT2D eigenvalue weighted by Crippen LogP contribution is -2.39. The molecule has 0 spiro atoms. The van der Waals surface area contributed by atoms with E-state index in [0.29, 0.717) is 40.9 Å². The highest BCUT2D eigenvalue weighted by Gasteiger charge is 2.44. The first-order valence-corrected chi connectivity index (χ1v) is 11.6. The molecule has 2 N–H and O–H groups in total. The maximum atomic E-state index is 14.4. The van der Waals surface area contributed by atoms with E-state index in [1.165, 1.54) is 6.07 Å². The molecule has 2 heterocycles. The molecule has 0 atom stereocenters. The molecule has 6 rings (SSSR count). The van der Waals surface area contributed by atoms with E-state index in [1.54, 1.807) is 19.4 Å². The summed E-state index contributed by atoms with van der Waals surface area (Å²) in [4.78, 5) is 16.2. The summed E-state index contributed by atoms with van der Waals surface area (Å²) in [5.41, 5.74) is 1.85. The molecule has 0 saturated heterocycles. The fourth-order valence-electron chi connectivity index (χ4n) is 5.14. The van der Waals surface area contributed by atoms with Crippen LogP contribution in [0.2, 0.25) is 0 Å². The summed E-state index contributed by atoms with van der Waals surface area (Å²) < 4.78 is 40.4. The topological polar surface area (TPSA) is 97.3 Å². The van der Waals surface area contributed by atoms with Crippen molar-refractivity contribution in [2.45, 2.75) is 43.8 Å². The van der Waals surface area contributed by atoms with Gasteiger partial charge >= 0.3 is 5.97 Å². The summed E-state index contributed by atoms with van der Waals surface area (Å²) in [6, 6.07) is 7.65. The number of H-pyrrole nitrogens is 1. The van der Waals surface area contributed by atoms with Crippen molar-refractivity contribution >= 4 is 27.6 Å². The Kier molecular flexibility index (Phi) is 5.00. The van der Waals surface area contributed by atoms with Crippen LogP contribution < -0.4 is 4.74 Å². The first-order chi connectivity index (χ1) is 16.9. The number of benzene rings is 2. The van der Waals surface area contributed by atoms with E-state index in [1.807, 2.05) is 12.1 Å². The maximum Gasteiger partial charge on any atom is 0.306 e. The van der Waals surface area contributed by atoms with Crippen LogP contribution in [0.5, 0.6) is 5.88 Å². The summed E-state index contributed by atoms with van der Waals surface area (Å²) in [6.45, 7) is 0. The number of methoxy groups -OCH3 is 1. The zero-order valence-corrected chi connectivity index (χ0v) is 19.0. The highest BCUT2D eigenvalue weighted by molar-refractivity contribution is 6.06. The number of nitrogens with one attached hydrogen (secondary N) is 1. The third-order valence-electron chi connectivity index (χ3n) is 7.44. The molecule has 0 amide bonds. The zero-order valence-electron chi connectivity index (χ0n) is 19.0. The predicted molar refractivity (Wildman–Crippen MR) is 124 cm³/mol. The second-order valence-corrected chi connectivity index (χ2v) is 9.42. The standard InChI is InChI=1S/C26H23F2N3O4/c1-34-26(5-2-6-26)23-22(13-3-4-19(27)20(28)10-13)17-9-15-12-29-31-21(15)11-18(17)24(30-23)35-16-7-14(8-16)25(32)33/h3-4,9-12,14,16H,2,5-8H2,1H3,(H,29,31)(H,32,33). The van der Waals surface area contributed by atoms with Crippen molar-refractivity contribution in [1.29, 1.82) is 0 Å². The van der Waals surface area contributed by atoms with Crippen LogP contribution in [0.1, 0.15) is 37.8 Å². The molecular weight excluding hydrogens is 456 g/mol. The molecule has 2 aliphatic rings. The van der Waals surface area contributed by atoms with Crippen LogP contribution in [-0.4, -0.2) is 39.5 Å². The Bertz CT molecular complexity index is 1470. The first-order valence-electron chi connectivity index (χ1n) is 11.6. The van der Waals surface area contributed by atoms with Crippen molar-refractivity contribution in [3.8, 4) is 17.0 Å². The number of ether oxygens (including phenoxy) is 2. The van der Waals surface area contributed by atoms with E-state index in [2.05, 4.69) is 10.2 Å². The van der Waals surface area contributed by atoms with Crippen LogP contribution in [-0.2, 0) is 15.1 Å². The minimum atomic E-state index is -0.944. The monoisotopic (exact) mass is 479 g/mol. The molecule has 0 aliphatic heterocycles. The highest BCUT2D eigenvalue weighted by atomic mass is 19.2. The predicted octanol–water partition coefficient (Wildman–Crippen LogP) is 5.32. The number of nitrogens with zero attached hydrogens (tertiary/aromatic N) is 2. The third-order valence-corrected chi connectivity index (χ3v) is 7.44. The van der Waals surface area contributed by atoms with E-state index < -0.39 is 29.1 Å². The van der Waals surface area contributed by atoms with Crippen LogP contribution in [0.3, 0.4) is 0 Å². The summed E-state index contributed by atoms with van der Waals surface area (Å²) in [7, 11) is 1.63. The lowest BCUT2D eigenvalue weighted by molar-refractivity contribution is -0.148. The fraction of sp³-hybridized carbons (Fsp3) is 0.346. The van der Waals surface area contributed by atoms with Crippen LogP contribution >= 0.6 is 0 Å². The Balaban J connectivity index is 1.61. The number of hydrogen-bond acceptors (Lipinski definition) is 5. The second-order valence-electron chi connectivity index (χ2n) is 9.42. The number of rotatable bonds is 6. The van der Waals surface area contributed by atoms with Crippen LogP contribution in [0.4, 0.5) is 8.78 Å². The highest BCUT2D eigenvalue weighted by Crippen LogP contribution is 2.50. The average molecular weight is 479 g/mol. The van der Waals surface area contributed by atoms with Crippen molar-refractivity contribution in [3.63, 3.8) is 0 Å². The number of aliphatic carboxylic acids is 1. The summed E-state index contributed by atoms with van der Waals surface area (Å²) in [5, 5.41) is 18.6. The van der Waals surface area contributed by atoms with E-state index in [-0.39, 0.29) is 6.10 Å². The van der Waals surface area contributed by atoms with Crippen molar-refractivity contribution < 1.29 is 28.2 Å². The van der Waals surface area contributed by atoms with Gasteiger partial charge in [0.15, 0.2) is 11.6 Å². The SMILES string of the molecule is COC1(c2nc(OC3CC(C(=O)O)C3)c3cc4[nH]ncc4cc3c2-c2ccc(F)c(F)c2)CCC1. The molecule has 2 fully saturated rings. The van der Waals surface area contributed by atoms with E-state index in [9.17, 15) is 18.7 Å². The van der Waals surface area contributed by atoms with E-state index in [0.717, 1.165) is 41.6 Å². The minimum Gasteiger partial charge on any atom is -0.481 e. The van der Waals surface area contributed by atoms with Gasteiger partial charge in [-0.25, -0.2) is 13.8 Å². The lowest BCUT2D eigenvalue weighted by Gasteiger charge is -2.41. The van der Waals surface area contributed by atoms with E-state index in [4.69, 9.17) is 14.5 Å². The second kappa shape index (κ2) is 7.98. The van der Waals surface area contributed by atoms with Gasteiger partial charge in [-0.3, -0.25) is 9.89 Å². The molecular formula is C26H23F2N3O4. The number of aromatic nitrogens is 3. The van der Waals surface area contributed by atoms with Gasteiger partial charge in [0, 0.05) is 23.4 Å².